The Bertz CT molecular complexity index is 599. The lowest BCUT2D eigenvalue weighted by Gasteiger charge is -2.18. The molecule has 0 heterocycles. The predicted octanol–water partition coefficient (Wildman–Crippen LogP) is 3.29. The van der Waals surface area contributed by atoms with Crippen LogP contribution < -0.4 is 5.32 Å². The summed E-state index contributed by atoms with van der Waals surface area (Å²) in [5, 5.41) is 2.76. The Balaban J connectivity index is 2.31. The molecule has 0 saturated heterocycles. The van der Waals surface area contributed by atoms with Gasteiger partial charge in [0.05, 0.1) is 12.8 Å². The lowest BCUT2D eigenvalue weighted by Crippen LogP contribution is -2.22. The van der Waals surface area contributed by atoms with Crippen LogP contribution in [0.5, 0.6) is 0 Å². The monoisotopic (exact) mass is 277 g/mol. The summed E-state index contributed by atoms with van der Waals surface area (Å²) in [4.78, 5) is 11.8. The maximum Gasteiger partial charge on any atom is 0.332 e. The fraction of sp³-hybridized carbons (Fsp3) is 0.133. The molecular weight excluding hydrogens is 264 g/mol. The highest BCUT2D eigenvalue weighted by Crippen LogP contribution is 2.23. The van der Waals surface area contributed by atoms with E-state index < -0.39 is 23.6 Å². The first-order chi connectivity index (χ1) is 9.61. The van der Waals surface area contributed by atoms with Crippen LogP contribution in [-0.2, 0) is 9.53 Å². The molecule has 20 heavy (non-hydrogen) atoms. The number of ether oxygens (including phenoxy) is 1. The maximum absolute atomic E-state index is 13.6. The minimum Gasteiger partial charge on any atom is -0.467 e. The number of carbonyl (C=O) groups is 1. The van der Waals surface area contributed by atoms with Gasteiger partial charge in [-0.25, -0.2) is 13.6 Å². The molecule has 0 saturated carbocycles. The van der Waals surface area contributed by atoms with Crippen molar-refractivity contribution in [2.45, 2.75) is 6.04 Å². The number of benzene rings is 2. The first kappa shape index (κ1) is 14.0. The van der Waals surface area contributed by atoms with E-state index in [0.717, 1.165) is 0 Å². The van der Waals surface area contributed by atoms with Gasteiger partial charge in [0.25, 0.3) is 0 Å². The van der Waals surface area contributed by atoms with E-state index >= 15 is 0 Å². The molecule has 0 aromatic heterocycles. The number of para-hydroxylation sites is 1. The average Bonchev–Trinajstić information content (AvgIpc) is 2.47. The van der Waals surface area contributed by atoms with Crippen LogP contribution >= 0.6 is 0 Å². The number of esters is 1. The van der Waals surface area contributed by atoms with E-state index in [1.807, 2.05) is 0 Å². The zero-order valence-corrected chi connectivity index (χ0v) is 10.8. The van der Waals surface area contributed by atoms with Gasteiger partial charge in [-0.1, -0.05) is 24.3 Å². The lowest BCUT2D eigenvalue weighted by atomic mass is 10.1. The first-order valence-corrected chi connectivity index (χ1v) is 5.96. The standard InChI is InChI=1S/C15H13F2NO2/c1-20-15(19)14(10-6-8-11(16)9-7-10)18-13-5-3-2-4-12(13)17/h2-9,14,18H,1H3. The summed E-state index contributed by atoms with van der Waals surface area (Å²) in [6, 6.07) is 10.4. The quantitative estimate of drug-likeness (QED) is 0.871. The van der Waals surface area contributed by atoms with Gasteiger partial charge in [0.1, 0.15) is 11.6 Å². The third-order valence-electron chi connectivity index (χ3n) is 2.81. The fourth-order valence-electron chi connectivity index (χ4n) is 1.79. The highest BCUT2D eigenvalue weighted by atomic mass is 19.1. The molecule has 2 rings (SSSR count). The van der Waals surface area contributed by atoms with E-state index in [9.17, 15) is 13.6 Å². The fourth-order valence-corrected chi connectivity index (χ4v) is 1.79. The SMILES string of the molecule is COC(=O)C(Nc1ccccc1F)c1ccc(F)cc1. The second kappa shape index (κ2) is 6.14. The summed E-state index contributed by atoms with van der Waals surface area (Å²) in [7, 11) is 1.24. The van der Waals surface area contributed by atoms with Crippen molar-refractivity contribution in [1.29, 1.82) is 0 Å². The highest BCUT2D eigenvalue weighted by molar-refractivity contribution is 5.81. The van der Waals surface area contributed by atoms with Gasteiger partial charge in [0.15, 0.2) is 6.04 Å². The Hall–Kier alpha value is -2.43. The van der Waals surface area contributed by atoms with Crippen LogP contribution in [0.3, 0.4) is 0 Å². The molecule has 0 aliphatic carbocycles. The summed E-state index contributed by atoms with van der Waals surface area (Å²) in [5.41, 5.74) is 0.661. The van der Waals surface area contributed by atoms with Crippen molar-refractivity contribution in [1.82, 2.24) is 0 Å². The largest absolute Gasteiger partial charge is 0.467 e. The molecule has 3 nitrogen and oxygen atoms in total. The van der Waals surface area contributed by atoms with Gasteiger partial charge in [-0.3, -0.25) is 0 Å². The molecule has 1 atom stereocenters. The molecular formula is C15H13F2NO2. The van der Waals surface area contributed by atoms with Gasteiger partial charge in [-0.15, -0.1) is 0 Å². The zero-order chi connectivity index (χ0) is 14.5. The van der Waals surface area contributed by atoms with Crippen LogP contribution in [0.15, 0.2) is 48.5 Å². The van der Waals surface area contributed by atoms with Crippen molar-refractivity contribution in [3.63, 3.8) is 0 Å². The Labute approximate surface area is 115 Å². The molecule has 1 unspecified atom stereocenters. The van der Waals surface area contributed by atoms with Crippen molar-refractivity contribution >= 4 is 11.7 Å². The van der Waals surface area contributed by atoms with E-state index in [0.29, 0.717) is 5.56 Å². The van der Waals surface area contributed by atoms with Crippen molar-refractivity contribution in [3.8, 4) is 0 Å². The Kier molecular flexibility index (Phi) is 4.30. The number of halogens is 2. The Morgan fingerprint density at radius 3 is 2.35 bits per heavy atom. The third-order valence-corrected chi connectivity index (χ3v) is 2.81. The normalized spacial score (nSPS) is 11.8. The molecule has 1 N–H and O–H groups in total. The number of rotatable bonds is 4. The molecule has 0 aliphatic heterocycles. The smallest absolute Gasteiger partial charge is 0.332 e. The van der Waals surface area contributed by atoms with Crippen molar-refractivity contribution in [3.05, 3.63) is 65.7 Å². The molecule has 0 amide bonds. The van der Waals surface area contributed by atoms with Gasteiger partial charge < -0.3 is 10.1 Å². The van der Waals surface area contributed by atoms with Crippen molar-refractivity contribution < 1.29 is 18.3 Å². The molecule has 0 radical (unpaired) electrons. The molecule has 0 bridgehead atoms. The number of hydrogen-bond donors (Lipinski definition) is 1. The third kappa shape index (κ3) is 3.12. The number of methoxy groups -OCH3 is 1. The molecule has 0 fully saturated rings. The molecule has 5 heteroatoms. The van der Waals surface area contributed by atoms with Crippen LogP contribution in [0.2, 0.25) is 0 Å². The van der Waals surface area contributed by atoms with E-state index in [4.69, 9.17) is 4.74 Å². The lowest BCUT2D eigenvalue weighted by molar-refractivity contribution is -0.141. The van der Waals surface area contributed by atoms with Crippen molar-refractivity contribution in [2.75, 3.05) is 12.4 Å². The van der Waals surface area contributed by atoms with Crippen molar-refractivity contribution in [2.24, 2.45) is 0 Å². The number of anilines is 1. The maximum atomic E-state index is 13.6. The molecule has 0 aliphatic rings. The second-order valence-corrected chi connectivity index (χ2v) is 4.13. The van der Waals surface area contributed by atoms with Crippen LogP contribution in [-0.4, -0.2) is 13.1 Å². The molecule has 2 aromatic rings. The van der Waals surface area contributed by atoms with Crippen LogP contribution in [0.25, 0.3) is 0 Å². The molecule has 0 spiro atoms. The second-order valence-electron chi connectivity index (χ2n) is 4.13. The molecule has 2 aromatic carbocycles. The van der Waals surface area contributed by atoms with E-state index in [-0.39, 0.29) is 5.69 Å². The summed E-state index contributed by atoms with van der Waals surface area (Å²) in [5.74, 6) is -1.48. The van der Waals surface area contributed by atoms with Gasteiger partial charge in [-0.05, 0) is 29.8 Å². The van der Waals surface area contributed by atoms with E-state index in [1.54, 1.807) is 12.1 Å². The zero-order valence-electron chi connectivity index (χ0n) is 10.8. The van der Waals surface area contributed by atoms with Gasteiger partial charge in [0, 0.05) is 0 Å². The minimum absolute atomic E-state index is 0.173. The number of carbonyl (C=O) groups excluding carboxylic acids is 1. The van der Waals surface area contributed by atoms with Gasteiger partial charge in [-0.2, -0.15) is 0 Å². The van der Waals surface area contributed by atoms with Crippen LogP contribution in [0, 0.1) is 11.6 Å². The Morgan fingerprint density at radius 1 is 1.10 bits per heavy atom. The first-order valence-electron chi connectivity index (χ1n) is 5.96. The van der Waals surface area contributed by atoms with Crippen LogP contribution in [0.1, 0.15) is 11.6 Å². The highest BCUT2D eigenvalue weighted by Gasteiger charge is 2.22. The predicted molar refractivity (Wildman–Crippen MR) is 71.2 cm³/mol. The van der Waals surface area contributed by atoms with E-state index in [1.165, 1.54) is 43.5 Å². The van der Waals surface area contributed by atoms with Gasteiger partial charge in [0.2, 0.25) is 0 Å². The minimum atomic E-state index is -0.905. The number of nitrogens with one attached hydrogen (secondary N) is 1. The Morgan fingerprint density at radius 2 is 1.75 bits per heavy atom. The average molecular weight is 277 g/mol. The topological polar surface area (TPSA) is 38.3 Å². The summed E-state index contributed by atoms with van der Waals surface area (Å²) >= 11 is 0. The number of hydrogen-bond acceptors (Lipinski definition) is 3. The van der Waals surface area contributed by atoms with E-state index in [2.05, 4.69) is 5.32 Å². The molecule has 104 valence electrons. The summed E-state index contributed by atoms with van der Waals surface area (Å²) in [6.45, 7) is 0. The van der Waals surface area contributed by atoms with Crippen LogP contribution in [0.4, 0.5) is 14.5 Å². The summed E-state index contributed by atoms with van der Waals surface area (Å²) < 4.78 is 31.2. The van der Waals surface area contributed by atoms with Gasteiger partial charge >= 0.3 is 5.97 Å². The summed E-state index contributed by atoms with van der Waals surface area (Å²) in [6.07, 6.45) is 0.